The SMILES string of the molecule is Cc1ccc2c(N)c(C(=O)NCc3csc(=O)[nH]3)sc2c1. The zero-order chi connectivity index (χ0) is 15.0. The van der Waals surface area contributed by atoms with E-state index in [-0.39, 0.29) is 17.3 Å². The lowest BCUT2D eigenvalue weighted by Gasteiger charge is -2.02. The number of nitrogens with two attached hydrogens (primary N) is 1. The van der Waals surface area contributed by atoms with Crippen LogP contribution in [0.25, 0.3) is 10.1 Å². The van der Waals surface area contributed by atoms with Crippen LogP contribution in [0.4, 0.5) is 5.69 Å². The van der Waals surface area contributed by atoms with Gasteiger partial charge in [-0.25, -0.2) is 0 Å². The molecule has 0 spiro atoms. The average molecular weight is 319 g/mol. The summed E-state index contributed by atoms with van der Waals surface area (Å²) in [4.78, 5) is 26.3. The third kappa shape index (κ3) is 2.70. The summed E-state index contributed by atoms with van der Waals surface area (Å²) in [7, 11) is 0. The lowest BCUT2D eigenvalue weighted by molar-refractivity contribution is 0.0955. The number of aryl methyl sites for hydroxylation is 1. The van der Waals surface area contributed by atoms with E-state index >= 15 is 0 Å². The molecule has 0 aliphatic rings. The molecular formula is C14H13N3O2S2. The van der Waals surface area contributed by atoms with Crippen LogP contribution < -0.4 is 15.9 Å². The normalized spacial score (nSPS) is 10.9. The number of aromatic amines is 1. The molecule has 0 radical (unpaired) electrons. The first kappa shape index (κ1) is 13.8. The van der Waals surface area contributed by atoms with E-state index in [1.807, 2.05) is 25.1 Å². The Morgan fingerprint density at radius 1 is 1.43 bits per heavy atom. The summed E-state index contributed by atoms with van der Waals surface area (Å²) in [6.07, 6.45) is 0. The number of H-pyrrole nitrogens is 1. The van der Waals surface area contributed by atoms with Crippen molar-refractivity contribution in [1.82, 2.24) is 10.3 Å². The Morgan fingerprint density at radius 3 is 2.95 bits per heavy atom. The molecule has 108 valence electrons. The molecule has 7 heteroatoms. The summed E-state index contributed by atoms with van der Waals surface area (Å²) < 4.78 is 1.00. The van der Waals surface area contributed by atoms with Crippen molar-refractivity contribution in [2.75, 3.05) is 5.73 Å². The van der Waals surface area contributed by atoms with Crippen molar-refractivity contribution >= 4 is 44.4 Å². The van der Waals surface area contributed by atoms with Gasteiger partial charge < -0.3 is 16.0 Å². The smallest absolute Gasteiger partial charge is 0.304 e. The van der Waals surface area contributed by atoms with Crippen LogP contribution in [0.5, 0.6) is 0 Å². The minimum absolute atomic E-state index is 0.129. The number of nitrogen functional groups attached to an aromatic ring is 1. The number of carbonyl (C=O) groups is 1. The Bertz CT molecular complexity index is 876. The number of hydrogen-bond donors (Lipinski definition) is 3. The van der Waals surface area contributed by atoms with Gasteiger partial charge in [0.25, 0.3) is 5.91 Å². The Balaban J connectivity index is 1.84. The molecule has 0 saturated heterocycles. The predicted molar refractivity (Wildman–Crippen MR) is 87.1 cm³/mol. The number of fused-ring (bicyclic) bond motifs is 1. The number of thiophene rings is 1. The lowest BCUT2D eigenvalue weighted by Crippen LogP contribution is -2.23. The van der Waals surface area contributed by atoms with Gasteiger partial charge in [-0.15, -0.1) is 11.3 Å². The van der Waals surface area contributed by atoms with Crippen LogP contribution in [0.2, 0.25) is 0 Å². The monoisotopic (exact) mass is 319 g/mol. The van der Waals surface area contributed by atoms with Gasteiger partial charge in [-0.05, 0) is 18.6 Å². The van der Waals surface area contributed by atoms with Gasteiger partial charge in [-0.3, -0.25) is 9.59 Å². The highest BCUT2D eigenvalue weighted by Crippen LogP contribution is 2.34. The van der Waals surface area contributed by atoms with Crippen molar-refractivity contribution in [1.29, 1.82) is 0 Å². The van der Waals surface area contributed by atoms with Crippen LogP contribution in [-0.2, 0) is 6.54 Å². The van der Waals surface area contributed by atoms with Crippen LogP contribution in [0.1, 0.15) is 20.9 Å². The number of nitrogens with one attached hydrogen (secondary N) is 2. The topological polar surface area (TPSA) is 88.0 Å². The van der Waals surface area contributed by atoms with E-state index in [1.54, 1.807) is 5.38 Å². The third-order valence-corrected chi connectivity index (χ3v) is 4.99. The number of carbonyl (C=O) groups excluding carboxylic acids is 1. The highest BCUT2D eigenvalue weighted by Gasteiger charge is 2.16. The molecule has 2 heterocycles. The molecule has 5 nitrogen and oxygen atoms in total. The fourth-order valence-corrected chi connectivity index (χ4v) is 3.77. The molecule has 1 aromatic carbocycles. The van der Waals surface area contributed by atoms with Gasteiger partial charge in [0.2, 0.25) is 0 Å². The molecule has 2 aromatic heterocycles. The Hall–Kier alpha value is -2.12. The lowest BCUT2D eigenvalue weighted by atomic mass is 10.1. The second-order valence-corrected chi connectivity index (χ2v) is 6.59. The molecular weight excluding hydrogens is 306 g/mol. The van der Waals surface area contributed by atoms with Crippen molar-refractivity contribution in [3.63, 3.8) is 0 Å². The molecule has 1 amide bonds. The third-order valence-electron chi connectivity index (χ3n) is 3.10. The highest BCUT2D eigenvalue weighted by molar-refractivity contribution is 7.21. The molecule has 0 aliphatic heterocycles. The van der Waals surface area contributed by atoms with Crippen LogP contribution in [-0.4, -0.2) is 10.9 Å². The number of rotatable bonds is 3. The molecule has 3 aromatic rings. The molecule has 0 aliphatic carbocycles. The number of benzene rings is 1. The maximum absolute atomic E-state index is 12.2. The molecule has 0 atom stereocenters. The van der Waals surface area contributed by atoms with Crippen molar-refractivity contribution in [3.8, 4) is 0 Å². The summed E-state index contributed by atoms with van der Waals surface area (Å²) >= 11 is 2.46. The van der Waals surface area contributed by atoms with Crippen LogP contribution in [0.15, 0.2) is 28.4 Å². The van der Waals surface area contributed by atoms with Gasteiger partial charge in [-0.1, -0.05) is 23.5 Å². The second kappa shape index (κ2) is 5.34. The van der Waals surface area contributed by atoms with Crippen molar-refractivity contribution in [2.24, 2.45) is 0 Å². The molecule has 3 rings (SSSR count). The quantitative estimate of drug-likeness (QED) is 0.693. The summed E-state index contributed by atoms with van der Waals surface area (Å²) in [5.41, 5.74) is 8.38. The second-order valence-electron chi connectivity index (χ2n) is 4.70. The van der Waals surface area contributed by atoms with E-state index in [0.29, 0.717) is 16.3 Å². The van der Waals surface area contributed by atoms with Crippen LogP contribution in [0, 0.1) is 6.92 Å². The van der Waals surface area contributed by atoms with E-state index in [1.165, 1.54) is 11.3 Å². The van der Waals surface area contributed by atoms with Crippen LogP contribution in [0.3, 0.4) is 0 Å². The van der Waals surface area contributed by atoms with E-state index in [4.69, 9.17) is 5.73 Å². The number of amides is 1. The predicted octanol–water partition coefficient (Wildman–Crippen LogP) is 2.47. The van der Waals surface area contributed by atoms with Gasteiger partial charge >= 0.3 is 4.87 Å². The zero-order valence-electron chi connectivity index (χ0n) is 11.2. The minimum Gasteiger partial charge on any atom is -0.397 e. The van der Waals surface area contributed by atoms with Gasteiger partial charge in [0.15, 0.2) is 0 Å². The first-order valence-corrected chi connectivity index (χ1v) is 7.97. The van der Waals surface area contributed by atoms with E-state index in [0.717, 1.165) is 27.0 Å². The molecule has 21 heavy (non-hydrogen) atoms. The number of hydrogen-bond acceptors (Lipinski definition) is 5. The van der Waals surface area contributed by atoms with Gasteiger partial charge in [0, 0.05) is 21.2 Å². The number of thiazole rings is 1. The maximum Gasteiger partial charge on any atom is 0.304 e. The maximum atomic E-state index is 12.2. The Morgan fingerprint density at radius 2 is 2.24 bits per heavy atom. The molecule has 0 saturated carbocycles. The Labute approximate surface area is 128 Å². The summed E-state index contributed by atoms with van der Waals surface area (Å²) in [6, 6.07) is 5.93. The number of aromatic nitrogens is 1. The molecule has 4 N–H and O–H groups in total. The summed E-state index contributed by atoms with van der Waals surface area (Å²) in [5, 5.41) is 5.37. The van der Waals surface area contributed by atoms with E-state index in [9.17, 15) is 9.59 Å². The highest BCUT2D eigenvalue weighted by atomic mass is 32.1. The summed E-state index contributed by atoms with van der Waals surface area (Å²) in [5.74, 6) is -0.224. The van der Waals surface area contributed by atoms with Crippen molar-refractivity contribution in [2.45, 2.75) is 13.5 Å². The molecule has 0 unspecified atom stereocenters. The molecule has 0 bridgehead atoms. The van der Waals surface area contributed by atoms with Gasteiger partial charge in [0.05, 0.1) is 12.2 Å². The van der Waals surface area contributed by atoms with E-state index < -0.39 is 0 Å². The van der Waals surface area contributed by atoms with Gasteiger partial charge in [-0.2, -0.15) is 0 Å². The first-order valence-electron chi connectivity index (χ1n) is 6.28. The standard InChI is InChI=1S/C14H13N3O2S2/c1-7-2-3-9-10(4-7)21-12(11(9)15)13(18)16-5-8-6-20-14(19)17-8/h2-4,6H,5,15H2,1H3,(H,16,18)(H,17,19). The first-order chi connectivity index (χ1) is 10.0. The fourth-order valence-electron chi connectivity index (χ4n) is 2.05. The van der Waals surface area contributed by atoms with Crippen LogP contribution >= 0.6 is 22.7 Å². The number of anilines is 1. The van der Waals surface area contributed by atoms with E-state index in [2.05, 4.69) is 10.3 Å². The summed E-state index contributed by atoms with van der Waals surface area (Å²) in [6.45, 7) is 2.28. The average Bonchev–Trinajstić information content (AvgIpc) is 3.00. The van der Waals surface area contributed by atoms with Crippen molar-refractivity contribution < 1.29 is 4.79 Å². The zero-order valence-corrected chi connectivity index (χ0v) is 12.9. The minimum atomic E-state index is -0.224. The Kier molecular flexibility index (Phi) is 3.52. The van der Waals surface area contributed by atoms with Gasteiger partial charge in [0.1, 0.15) is 4.88 Å². The molecule has 0 fully saturated rings. The van der Waals surface area contributed by atoms with Crippen molar-refractivity contribution in [3.05, 3.63) is 49.4 Å². The fraction of sp³-hybridized carbons (Fsp3) is 0.143. The largest absolute Gasteiger partial charge is 0.397 e.